The predicted octanol–water partition coefficient (Wildman–Crippen LogP) is 2.88. The first-order chi connectivity index (χ1) is 5.77. The van der Waals surface area contributed by atoms with Gasteiger partial charge < -0.3 is 4.74 Å². The molecular weight excluding hydrogens is 162 g/mol. The van der Waals surface area contributed by atoms with E-state index in [0.29, 0.717) is 0 Å². The van der Waals surface area contributed by atoms with Crippen molar-refractivity contribution in [2.24, 2.45) is 15.8 Å². The highest BCUT2D eigenvalue weighted by atomic mass is 16.5. The normalized spacial score (nSPS) is 24.7. The van der Waals surface area contributed by atoms with Gasteiger partial charge in [0.2, 0.25) is 0 Å². The Morgan fingerprint density at radius 3 is 2.08 bits per heavy atom. The first kappa shape index (κ1) is 10.6. The van der Waals surface area contributed by atoms with E-state index < -0.39 is 0 Å². The molecule has 0 aromatic carbocycles. The third kappa shape index (κ3) is 1.72. The lowest BCUT2D eigenvalue weighted by Crippen LogP contribution is -2.37. The molecule has 0 amide bonds. The van der Waals surface area contributed by atoms with Crippen molar-refractivity contribution in [3.8, 4) is 0 Å². The second kappa shape index (κ2) is 3.00. The van der Waals surface area contributed by atoms with E-state index in [1.54, 1.807) is 0 Å². The van der Waals surface area contributed by atoms with Crippen LogP contribution in [0.1, 0.15) is 41.5 Å². The van der Waals surface area contributed by atoms with Crippen molar-refractivity contribution in [2.45, 2.75) is 47.6 Å². The molecule has 0 atom stereocenters. The molecule has 0 aliphatic carbocycles. The zero-order valence-corrected chi connectivity index (χ0v) is 9.64. The fourth-order valence-electron chi connectivity index (χ4n) is 1.36. The topological polar surface area (TPSA) is 21.6 Å². The van der Waals surface area contributed by atoms with Gasteiger partial charge in [-0.25, -0.2) is 0 Å². The highest BCUT2D eigenvalue weighted by Gasteiger charge is 2.47. The summed E-state index contributed by atoms with van der Waals surface area (Å²) in [7, 11) is 0. The molecule has 1 aliphatic heterocycles. The van der Waals surface area contributed by atoms with Crippen LogP contribution in [0, 0.1) is 10.8 Å². The highest BCUT2D eigenvalue weighted by molar-refractivity contribution is 5.84. The molecule has 0 saturated carbocycles. The summed E-state index contributed by atoms with van der Waals surface area (Å²) in [5, 5.41) is 0. The second-order valence-corrected chi connectivity index (χ2v) is 5.30. The Balaban J connectivity index is 2.80. The van der Waals surface area contributed by atoms with Gasteiger partial charge in [0, 0.05) is 12.0 Å². The van der Waals surface area contributed by atoms with Crippen molar-refractivity contribution >= 4 is 5.90 Å². The first-order valence-electron chi connectivity index (χ1n) is 4.99. The molecule has 0 N–H and O–H groups in total. The van der Waals surface area contributed by atoms with Crippen LogP contribution in [0.4, 0.5) is 0 Å². The van der Waals surface area contributed by atoms with Gasteiger partial charge in [-0.1, -0.05) is 27.7 Å². The van der Waals surface area contributed by atoms with Crippen molar-refractivity contribution in [3.63, 3.8) is 0 Å². The zero-order valence-electron chi connectivity index (χ0n) is 9.64. The molecule has 0 aromatic heterocycles. The lowest BCUT2D eigenvalue weighted by molar-refractivity contribution is 0.150. The summed E-state index contributed by atoms with van der Waals surface area (Å²) in [4.78, 5) is 4.48. The fourth-order valence-corrected chi connectivity index (χ4v) is 1.36. The quantitative estimate of drug-likeness (QED) is 0.612. The van der Waals surface area contributed by atoms with Crippen LogP contribution in [0.2, 0.25) is 0 Å². The Morgan fingerprint density at radius 2 is 1.77 bits per heavy atom. The van der Waals surface area contributed by atoms with Crippen molar-refractivity contribution in [1.82, 2.24) is 0 Å². The number of aliphatic imine (C=N–C) groups is 1. The van der Waals surface area contributed by atoms with Crippen molar-refractivity contribution < 1.29 is 4.74 Å². The Bertz CT molecular complexity index is 226. The van der Waals surface area contributed by atoms with Crippen LogP contribution in [-0.2, 0) is 4.74 Å². The number of hydrogen-bond acceptors (Lipinski definition) is 2. The van der Waals surface area contributed by atoms with Gasteiger partial charge in [-0.2, -0.15) is 0 Å². The van der Waals surface area contributed by atoms with Gasteiger partial charge >= 0.3 is 0 Å². The van der Waals surface area contributed by atoms with Crippen molar-refractivity contribution in [3.05, 3.63) is 0 Å². The molecule has 0 spiro atoms. The first-order valence-corrected chi connectivity index (χ1v) is 4.99. The summed E-state index contributed by atoms with van der Waals surface area (Å²) < 4.78 is 5.71. The fraction of sp³-hybridized carbons (Fsp3) is 0.909. The Labute approximate surface area is 81.4 Å². The van der Waals surface area contributed by atoms with Crippen LogP contribution >= 0.6 is 0 Å². The van der Waals surface area contributed by atoms with E-state index in [0.717, 1.165) is 12.4 Å². The van der Waals surface area contributed by atoms with Crippen LogP contribution < -0.4 is 0 Å². The van der Waals surface area contributed by atoms with Crippen LogP contribution in [0.15, 0.2) is 4.99 Å². The molecule has 2 heteroatoms. The van der Waals surface area contributed by atoms with E-state index in [9.17, 15) is 0 Å². The Kier molecular flexibility index (Phi) is 2.44. The van der Waals surface area contributed by atoms with Crippen molar-refractivity contribution in [1.29, 1.82) is 0 Å². The molecule has 1 heterocycles. The Hall–Kier alpha value is -0.530. The molecule has 76 valence electrons. The van der Waals surface area contributed by atoms with E-state index in [4.69, 9.17) is 4.74 Å². The second-order valence-electron chi connectivity index (χ2n) is 5.30. The average molecular weight is 183 g/mol. The van der Waals surface area contributed by atoms with Crippen LogP contribution in [0.3, 0.4) is 0 Å². The number of ether oxygens (including phenoxy) is 1. The monoisotopic (exact) mass is 183 g/mol. The standard InChI is InChI=1S/C11H21NO/c1-8(2)13-9-11(5,6)10(3,4)7-12-9/h8H,7H2,1-6H3. The highest BCUT2D eigenvalue weighted by Crippen LogP contribution is 2.44. The maximum atomic E-state index is 5.71. The van der Waals surface area contributed by atoms with Crippen LogP contribution in [-0.4, -0.2) is 18.5 Å². The summed E-state index contributed by atoms with van der Waals surface area (Å²) in [5.41, 5.74) is 0.286. The SMILES string of the molecule is CC(C)OC1=NCC(C)(C)C1(C)C. The van der Waals surface area contributed by atoms with Crippen LogP contribution in [0.25, 0.3) is 0 Å². The largest absolute Gasteiger partial charge is 0.478 e. The van der Waals surface area contributed by atoms with Gasteiger partial charge in [-0.05, 0) is 19.3 Å². The molecule has 2 nitrogen and oxygen atoms in total. The molecule has 13 heavy (non-hydrogen) atoms. The molecular formula is C11H21NO. The van der Waals surface area contributed by atoms with E-state index in [-0.39, 0.29) is 16.9 Å². The maximum Gasteiger partial charge on any atom is 0.189 e. The van der Waals surface area contributed by atoms with E-state index >= 15 is 0 Å². The minimum atomic E-state index is 0.0667. The van der Waals surface area contributed by atoms with Gasteiger partial charge in [0.25, 0.3) is 0 Å². The summed E-state index contributed by atoms with van der Waals surface area (Å²) >= 11 is 0. The van der Waals surface area contributed by atoms with Gasteiger partial charge in [-0.15, -0.1) is 0 Å². The summed E-state index contributed by atoms with van der Waals surface area (Å²) in [5.74, 6) is 0.924. The molecule has 0 bridgehead atoms. The van der Waals surface area contributed by atoms with Gasteiger partial charge in [0.1, 0.15) is 0 Å². The van der Waals surface area contributed by atoms with Gasteiger partial charge in [0.15, 0.2) is 5.90 Å². The summed E-state index contributed by atoms with van der Waals surface area (Å²) in [6.45, 7) is 13.9. The number of hydrogen-bond donors (Lipinski definition) is 0. The Morgan fingerprint density at radius 1 is 1.23 bits per heavy atom. The predicted molar refractivity (Wildman–Crippen MR) is 56.1 cm³/mol. The average Bonchev–Trinajstić information content (AvgIpc) is 2.11. The molecule has 0 fully saturated rings. The molecule has 1 aliphatic rings. The third-order valence-electron chi connectivity index (χ3n) is 3.19. The minimum absolute atomic E-state index is 0.0667. The molecule has 1 rings (SSSR count). The molecule has 0 unspecified atom stereocenters. The number of nitrogens with zero attached hydrogens (tertiary/aromatic N) is 1. The molecule has 0 saturated heterocycles. The van der Waals surface area contributed by atoms with E-state index in [1.165, 1.54) is 0 Å². The van der Waals surface area contributed by atoms with Crippen LogP contribution in [0.5, 0.6) is 0 Å². The molecule has 0 radical (unpaired) electrons. The lowest BCUT2D eigenvalue weighted by atomic mass is 9.70. The van der Waals surface area contributed by atoms with Gasteiger partial charge in [-0.3, -0.25) is 4.99 Å². The lowest BCUT2D eigenvalue weighted by Gasteiger charge is -2.35. The third-order valence-corrected chi connectivity index (χ3v) is 3.19. The number of rotatable bonds is 1. The summed E-state index contributed by atoms with van der Waals surface area (Å²) in [6.07, 6.45) is 0.229. The minimum Gasteiger partial charge on any atom is -0.478 e. The zero-order chi connectivity index (χ0) is 10.3. The van der Waals surface area contributed by atoms with E-state index in [2.05, 4.69) is 32.7 Å². The van der Waals surface area contributed by atoms with Gasteiger partial charge in [0.05, 0.1) is 6.10 Å². The molecule has 0 aromatic rings. The maximum absolute atomic E-state index is 5.71. The summed E-state index contributed by atoms with van der Waals surface area (Å²) in [6, 6.07) is 0. The van der Waals surface area contributed by atoms with Crippen molar-refractivity contribution in [2.75, 3.05) is 6.54 Å². The van der Waals surface area contributed by atoms with E-state index in [1.807, 2.05) is 13.8 Å². The smallest absolute Gasteiger partial charge is 0.189 e.